The van der Waals surface area contributed by atoms with Gasteiger partial charge in [0.15, 0.2) is 0 Å². The lowest BCUT2D eigenvalue weighted by Gasteiger charge is -2.07. The number of amides is 1. The average molecular weight is 253 g/mol. The molecule has 2 N–H and O–H groups in total. The molecule has 18 heavy (non-hydrogen) atoms. The van der Waals surface area contributed by atoms with Crippen LogP contribution < -0.4 is 5.32 Å². The van der Waals surface area contributed by atoms with E-state index in [9.17, 15) is 9.59 Å². The Kier molecular flexibility index (Phi) is 5.35. The van der Waals surface area contributed by atoms with Gasteiger partial charge in [-0.25, -0.2) is 4.68 Å². The molecule has 1 heterocycles. The molecule has 0 spiro atoms. The monoisotopic (exact) mass is 253 g/mol. The largest absolute Gasteiger partial charge is 0.481 e. The van der Waals surface area contributed by atoms with Gasteiger partial charge in [-0.15, -0.1) is 0 Å². The summed E-state index contributed by atoms with van der Waals surface area (Å²) in [6.45, 7) is 4.69. The molecular formula is C12H19N3O3. The van der Waals surface area contributed by atoms with Crippen molar-refractivity contribution in [1.82, 2.24) is 9.78 Å². The summed E-state index contributed by atoms with van der Waals surface area (Å²) in [5.41, 5.74) is 0.833. The van der Waals surface area contributed by atoms with E-state index in [0.717, 1.165) is 25.1 Å². The number of carboxylic acids is 1. The van der Waals surface area contributed by atoms with E-state index in [4.69, 9.17) is 5.11 Å². The molecule has 1 amide bonds. The molecule has 6 heteroatoms. The molecule has 100 valence electrons. The van der Waals surface area contributed by atoms with Crippen molar-refractivity contribution in [1.29, 1.82) is 0 Å². The first-order valence-electron chi connectivity index (χ1n) is 6.09. The minimum atomic E-state index is -0.971. The van der Waals surface area contributed by atoms with Gasteiger partial charge in [0.1, 0.15) is 5.82 Å². The van der Waals surface area contributed by atoms with Crippen molar-refractivity contribution in [2.45, 2.75) is 46.1 Å². The molecule has 0 aliphatic heterocycles. The fraction of sp³-hybridized carbons (Fsp3) is 0.583. The van der Waals surface area contributed by atoms with Crippen LogP contribution >= 0.6 is 0 Å². The number of carbonyl (C=O) groups is 2. The van der Waals surface area contributed by atoms with Gasteiger partial charge in [0.2, 0.25) is 5.91 Å². The first-order chi connectivity index (χ1) is 8.52. The van der Waals surface area contributed by atoms with Crippen LogP contribution in [0.5, 0.6) is 0 Å². The number of carbonyl (C=O) groups excluding carboxylic acids is 1. The van der Waals surface area contributed by atoms with Crippen LogP contribution in [0, 0.1) is 6.92 Å². The summed E-state index contributed by atoms with van der Waals surface area (Å²) in [7, 11) is 0. The fourth-order valence-corrected chi connectivity index (χ4v) is 1.55. The standard InChI is InChI=1S/C12H19N3O3/c1-3-4-7-15-10(8-9(2)14-15)13-11(16)5-6-12(17)18/h8H,3-7H2,1-2H3,(H,13,16)(H,17,18). The average Bonchev–Trinajstić information content (AvgIpc) is 2.64. The van der Waals surface area contributed by atoms with E-state index in [1.807, 2.05) is 6.92 Å². The third-order valence-corrected chi connectivity index (χ3v) is 2.46. The molecule has 6 nitrogen and oxygen atoms in total. The minimum absolute atomic E-state index is 0.0205. The molecular weight excluding hydrogens is 234 g/mol. The Hall–Kier alpha value is -1.85. The topological polar surface area (TPSA) is 84.2 Å². The van der Waals surface area contributed by atoms with Gasteiger partial charge in [-0.2, -0.15) is 5.10 Å². The maximum atomic E-state index is 11.5. The van der Waals surface area contributed by atoms with Crippen LogP contribution in [0.3, 0.4) is 0 Å². The van der Waals surface area contributed by atoms with Gasteiger partial charge in [0.05, 0.1) is 12.1 Å². The Bertz CT molecular complexity index is 426. The van der Waals surface area contributed by atoms with Crippen molar-refractivity contribution in [3.05, 3.63) is 11.8 Å². The highest BCUT2D eigenvalue weighted by Crippen LogP contribution is 2.12. The fourth-order valence-electron chi connectivity index (χ4n) is 1.55. The summed E-state index contributed by atoms with van der Waals surface area (Å²) in [5.74, 6) is -0.632. The van der Waals surface area contributed by atoms with Gasteiger partial charge >= 0.3 is 5.97 Å². The van der Waals surface area contributed by atoms with Crippen molar-refractivity contribution >= 4 is 17.7 Å². The van der Waals surface area contributed by atoms with Crippen molar-refractivity contribution in [2.24, 2.45) is 0 Å². The molecule has 1 rings (SSSR count). The molecule has 0 bridgehead atoms. The number of nitrogens with zero attached hydrogens (tertiary/aromatic N) is 2. The number of hydrogen-bond donors (Lipinski definition) is 2. The van der Waals surface area contributed by atoms with Gasteiger partial charge < -0.3 is 10.4 Å². The SMILES string of the molecule is CCCCn1nc(C)cc1NC(=O)CCC(=O)O. The predicted molar refractivity (Wildman–Crippen MR) is 67.4 cm³/mol. The summed E-state index contributed by atoms with van der Waals surface area (Å²) in [4.78, 5) is 21.9. The normalized spacial score (nSPS) is 10.3. The second kappa shape index (κ2) is 6.78. The van der Waals surface area contributed by atoms with E-state index < -0.39 is 5.97 Å². The van der Waals surface area contributed by atoms with Crippen LogP contribution in [0.25, 0.3) is 0 Å². The number of aliphatic carboxylic acids is 1. The van der Waals surface area contributed by atoms with Crippen LogP contribution in [0.15, 0.2) is 6.07 Å². The number of nitrogens with one attached hydrogen (secondary N) is 1. The zero-order chi connectivity index (χ0) is 13.5. The van der Waals surface area contributed by atoms with Crippen LogP contribution in [0.4, 0.5) is 5.82 Å². The maximum absolute atomic E-state index is 11.5. The highest BCUT2D eigenvalue weighted by Gasteiger charge is 2.10. The Morgan fingerprint density at radius 2 is 2.17 bits per heavy atom. The molecule has 0 fully saturated rings. The Morgan fingerprint density at radius 3 is 2.78 bits per heavy atom. The highest BCUT2D eigenvalue weighted by molar-refractivity contribution is 5.91. The molecule has 0 aliphatic carbocycles. The smallest absolute Gasteiger partial charge is 0.303 e. The van der Waals surface area contributed by atoms with E-state index in [0.29, 0.717) is 5.82 Å². The van der Waals surface area contributed by atoms with Gasteiger partial charge in [-0.3, -0.25) is 9.59 Å². The molecule has 1 aromatic rings. The first kappa shape index (κ1) is 14.2. The van der Waals surface area contributed by atoms with Crippen LogP contribution in [0.1, 0.15) is 38.3 Å². The van der Waals surface area contributed by atoms with Crippen molar-refractivity contribution < 1.29 is 14.7 Å². The molecule has 0 saturated carbocycles. The lowest BCUT2D eigenvalue weighted by atomic mass is 10.3. The summed E-state index contributed by atoms with van der Waals surface area (Å²) in [6, 6.07) is 1.79. The van der Waals surface area contributed by atoms with Gasteiger partial charge in [-0.05, 0) is 13.3 Å². The Labute approximate surface area is 106 Å². The zero-order valence-corrected chi connectivity index (χ0v) is 10.8. The highest BCUT2D eigenvalue weighted by atomic mass is 16.4. The van der Waals surface area contributed by atoms with Gasteiger partial charge in [0.25, 0.3) is 0 Å². The number of anilines is 1. The minimum Gasteiger partial charge on any atom is -0.481 e. The van der Waals surface area contributed by atoms with Crippen molar-refractivity contribution in [3.63, 3.8) is 0 Å². The number of rotatable bonds is 7. The summed E-state index contributed by atoms with van der Waals surface area (Å²) in [6.07, 6.45) is 1.85. The molecule has 0 radical (unpaired) electrons. The van der Waals surface area contributed by atoms with Crippen molar-refractivity contribution in [2.75, 3.05) is 5.32 Å². The van der Waals surface area contributed by atoms with E-state index in [1.165, 1.54) is 0 Å². The quantitative estimate of drug-likeness (QED) is 0.776. The second-order valence-electron chi connectivity index (χ2n) is 4.19. The Morgan fingerprint density at radius 1 is 1.44 bits per heavy atom. The second-order valence-corrected chi connectivity index (χ2v) is 4.19. The number of aryl methyl sites for hydroxylation is 2. The number of unbranched alkanes of at least 4 members (excludes halogenated alkanes) is 1. The summed E-state index contributed by atoms with van der Waals surface area (Å²) < 4.78 is 1.75. The first-order valence-corrected chi connectivity index (χ1v) is 6.09. The third-order valence-electron chi connectivity index (χ3n) is 2.46. The molecule has 0 aliphatic rings. The molecule has 0 saturated heterocycles. The van der Waals surface area contributed by atoms with E-state index >= 15 is 0 Å². The van der Waals surface area contributed by atoms with Gasteiger partial charge in [-0.1, -0.05) is 13.3 Å². The lowest BCUT2D eigenvalue weighted by Crippen LogP contribution is -2.16. The predicted octanol–water partition coefficient (Wildman–Crippen LogP) is 1.79. The number of hydrogen-bond acceptors (Lipinski definition) is 3. The third kappa shape index (κ3) is 4.57. The number of carboxylic acid groups (broad SMARTS) is 1. The molecule has 0 atom stereocenters. The van der Waals surface area contributed by atoms with Crippen LogP contribution in [-0.2, 0) is 16.1 Å². The summed E-state index contributed by atoms with van der Waals surface area (Å²) in [5, 5.41) is 15.5. The zero-order valence-electron chi connectivity index (χ0n) is 10.8. The lowest BCUT2D eigenvalue weighted by molar-refractivity contribution is -0.138. The van der Waals surface area contributed by atoms with Gasteiger partial charge in [0, 0.05) is 19.0 Å². The molecule has 0 aromatic carbocycles. The Balaban J connectivity index is 2.59. The van der Waals surface area contributed by atoms with Crippen LogP contribution in [-0.4, -0.2) is 26.8 Å². The maximum Gasteiger partial charge on any atom is 0.303 e. The summed E-state index contributed by atoms with van der Waals surface area (Å²) >= 11 is 0. The van der Waals surface area contributed by atoms with Crippen molar-refractivity contribution in [3.8, 4) is 0 Å². The van der Waals surface area contributed by atoms with E-state index in [-0.39, 0.29) is 18.7 Å². The van der Waals surface area contributed by atoms with E-state index in [1.54, 1.807) is 10.7 Å². The molecule has 1 aromatic heterocycles. The van der Waals surface area contributed by atoms with Crippen LogP contribution in [0.2, 0.25) is 0 Å². The number of aromatic nitrogens is 2. The van der Waals surface area contributed by atoms with E-state index in [2.05, 4.69) is 17.3 Å². The molecule has 0 unspecified atom stereocenters.